The summed E-state index contributed by atoms with van der Waals surface area (Å²) in [7, 11) is 1.60. The Morgan fingerprint density at radius 3 is 3.05 bits per heavy atom. The number of rotatable bonds is 6. The molecule has 1 atom stereocenters. The first-order valence-corrected chi connectivity index (χ1v) is 6.45. The molecule has 1 N–H and O–H groups in total. The Morgan fingerprint density at radius 1 is 1.47 bits per heavy atom. The molecule has 1 aromatic carbocycles. The Kier molecular flexibility index (Phi) is 4.87. The predicted octanol–water partition coefficient (Wildman–Crippen LogP) is 1.79. The van der Waals surface area contributed by atoms with E-state index in [1.54, 1.807) is 25.3 Å². The van der Waals surface area contributed by atoms with Gasteiger partial charge in [-0.25, -0.2) is 0 Å². The fourth-order valence-corrected chi connectivity index (χ4v) is 1.98. The molecule has 0 saturated carbocycles. The second kappa shape index (κ2) is 6.63. The zero-order valence-corrected chi connectivity index (χ0v) is 11.4. The lowest BCUT2D eigenvalue weighted by atomic mass is 10.2. The molecule has 0 fully saturated rings. The van der Waals surface area contributed by atoms with Gasteiger partial charge in [-0.1, -0.05) is 0 Å². The van der Waals surface area contributed by atoms with Gasteiger partial charge in [0.1, 0.15) is 0 Å². The first-order valence-electron chi connectivity index (χ1n) is 6.01. The quantitative estimate of drug-likeness (QED) is 0.810. The van der Waals surface area contributed by atoms with Crippen LogP contribution in [-0.2, 0) is 4.74 Å². The second-order valence-corrected chi connectivity index (χ2v) is 4.78. The topological polar surface area (TPSA) is 56.8 Å². The number of fused-ring (bicyclic) bond motifs is 1. The summed E-state index contributed by atoms with van der Waals surface area (Å²) in [6.07, 6.45) is 0.658. The maximum atomic E-state index is 11.9. The van der Waals surface area contributed by atoms with Crippen molar-refractivity contribution in [2.45, 2.75) is 11.8 Å². The van der Waals surface area contributed by atoms with Gasteiger partial charge >= 0.3 is 0 Å². The molecular formula is C13H16ClNO4. The highest BCUT2D eigenvalue weighted by Crippen LogP contribution is 2.32. The summed E-state index contributed by atoms with van der Waals surface area (Å²) >= 11 is 5.97. The molecule has 1 heterocycles. The van der Waals surface area contributed by atoms with Crippen molar-refractivity contribution >= 4 is 17.5 Å². The number of amides is 1. The summed E-state index contributed by atoms with van der Waals surface area (Å²) in [5.74, 6) is 1.11. The van der Waals surface area contributed by atoms with Gasteiger partial charge < -0.3 is 19.5 Å². The van der Waals surface area contributed by atoms with E-state index in [-0.39, 0.29) is 18.1 Å². The smallest absolute Gasteiger partial charge is 0.251 e. The molecule has 1 aliphatic heterocycles. The zero-order chi connectivity index (χ0) is 13.7. The van der Waals surface area contributed by atoms with Crippen molar-refractivity contribution in [3.8, 4) is 11.5 Å². The Morgan fingerprint density at radius 2 is 2.26 bits per heavy atom. The Labute approximate surface area is 116 Å². The second-order valence-electron chi connectivity index (χ2n) is 4.17. The van der Waals surface area contributed by atoms with Gasteiger partial charge in [0.2, 0.25) is 6.79 Å². The normalized spacial score (nSPS) is 14.2. The van der Waals surface area contributed by atoms with E-state index in [0.29, 0.717) is 36.6 Å². The van der Waals surface area contributed by atoms with E-state index < -0.39 is 0 Å². The number of methoxy groups -OCH3 is 1. The highest BCUT2D eigenvalue weighted by Gasteiger charge is 2.16. The summed E-state index contributed by atoms with van der Waals surface area (Å²) in [6.45, 7) is 1.18. The fourth-order valence-electron chi connectivity index (χ4n) is 1.75. The summed E-state index contributed by atoms with van der Waals surface area (Å²) in [5, 5.41) is 2.71. The van der Waals surface area contributed by atoms with Crippen LogP contribution in [0, 0.1) is 0 Å². The third-order valence-electron chi connectivity index (χ3n) is 2.73. The molecule has 1 unspecified atom stereocenters. The number of carbonyl (C=O) groups is 1. The van der Waals surface area contributed by atoms with Gasteiger partial charge in [0.15, 0.2) is 11.5 Å². The number of alkyl halides is 1. The lowest BCUT2D eigenvalue weighted by molar-refractivity contribution is 0.0951. The lowest BCUT2D eigenvalue weighted by Crippen LogP contribution is -2.27. The molecule has 0 radical (unpaired) electrons. The van der Waals surface area contributed by atoms with Gasteiger partial charge in [0.25, 0.3) is 5.91 Å². The molecule has 5 nitrogen and oxygen atoms in total. The van der Waals surface area contributed by atoms with E-state index in [2.05, 4.69) is 5.32 Å². The van der Waals surface area contributed by atoms with Crippen LogP contribution in [0.15, 0.2) is 18.2 Å². The van der Waals surface area contributed by atoms with Crippen LogP contribution in [0.3, 0.4) is 0 Å². The number of carbonyl (C=O) groups excluding carboxylic acids is 1. The molecule has 1 aromatic rings. The van der Waals surface area contributed by atoms with Gasteiger partial charge in [0, 0.05) is 19.2 Å². The minimum atomic E-state index is -0.153. The standard InChI is InChI=1S/C13H16ClNO4/c1-17-7-10(14)4-5-15-13(16)9-2-3-11-12(6-9)19-8-18-11/h2-3,6,10H,4-5,7-8H2,1H3,(H,15,16). The molecule has 6 heteroatoms. The molecule has 19 heavy (non-hydrogen) atoms. The van der Waals surface area contributed by atoms with Gasteiger partial charge in [-0.2, -0.15) is 0 Å². The van der Waals surface area contributed by atoms with Crippen molar-refractivity contribution in [2.24, 2.45) is 0 Å². The average molecular weight is 286 g/mol. The van der Waals surface area contributed by atoms with Crippen molar-refractivity contribution in [2.75, 3.05) is 27.1 Å². The number of benzene rings is 1. The van der Waals surface area contributed by atoms with Crippen molar-refractivity contribution in [3.05, 3.63) is 23.8 Å². The van der Waals surface area contributed by atoms with E-state index in [4.69, 9.17) is 25.8 Å². The first-order chi connectivity index (χ1) is 9.20. The van der Waals surface area contributed by atoms with Crippen LogP contribution >= 0.6 is 11.6 Å². The first kappa shape index (κ1) is 14.0. The van der Waals surface area contributed by atoms with Crippen LogP contribution in [0.4, 0.5) is 0 Å². The van der Waals surface area contributed by atoms with Gasteiger partial charge in [-0.15, -0.1) is 11.6 Å². The number of ether oxygens (including phenoxy) is 3. The minimum Gasteiger partial charge on any atom is -0.454 e. The number of halogens is 1. The van der Waals surface area contributed by atoms with Gasteiger partial charge in [-0.3, -0.25) is 4.79 Å². The summed E-state index contributed by atoms with van der Waals surface area (Å²) in [5.41, 5.74) is 0.544. The van der Waals surface area contributed by atoms with E-state index in [0.717, 1.165) is 0 Å². The number of nitrogens with one attached hydrogen (secondary N) is 1. The zero-order valence-electron chi connectivity index (χ0n) is 10.6. The van der Waals surface area contributed by atoms with Crippen LogP contribution in [0.25, 0.3) is 0 Å². The molecule has 0 aromatic heterocycles. The van der Waals surface area contributed by atoms with Crippen molar-refractivity contribution in [1.29, 1.82) is 0 Å². The number of hydrogen-bond acceptors (Lipinski definition) is 4. The fraction of sp³-hybridized carbons (Fsp3) is 0.462. The van der Waals surface area contributed by atoms with Crippen molar-refractivity contribution < 1.29 is 19.0 Å². The SMILES string of the molecule is COCC(Cl)CCNC(=O)c1ccc2c(c1)OCO2. The van der Waals surface area contributed by atoms with E-state index in [1.165, 1.54) is 0 Å². The molecular weight excluding hydrogens is 270 g/mol. The molecule has 0 aliphatic carbocycles. The minimum absolute atomic E-state index is 0.0953. The average Bonchev–Trinajstić information content (AvgIpc) is 2.86. The van der Waals surface area contributed by atoms with Crippen LogP contribution < -0.4 is 14.8 Å². The van der Waals surface area contributed by atoms with Crippen molar-refractivity contribution in [1.82, 2.24) is 5.32 Å². The van der Waals surface area contributed by atoms with Gasteiger partial charge in [-0.05, 0) is 24.6 Å². The lowest BCUT2D eigenvalue weighted by Gasteiger charge is -2.09. The molecule has 0 bridgehead atoms. The Balaban J connectivity index is 1.83. The summed E-state index contributed by atoms with van der Waals surface area (Å²) in [4.78, 5) is 11.9. The third-order valence-corrected chi connectivity index (χ3v) is 3.07. The monoisotopic (exact) mass is 285 g/mol. The highest BCUT2D eigenvalue weighted by atomic mass is 35.5. The van der Waals surface area contributed by atoms with Crippen LogP contribution in [-0.4, -0.2) is 38.3 Å². The highest BCUT2D eigenvalue weighted by molar-refractivity contribution is 6.20. The van der Waals surface area contributed by atoms with Gasteiger partial charge in [0.05, 0.1) is 12.0 Å². The maximum absolute atomic E-state index is 11.9. The summed E-state index contributed by atoms with van der Waals surface area (Å²) in [6, 6.07) is 5.10. The molecule has 0 saturated heterocycles. The third kappa shape index (κ3) is 3.75. The molecule has 2 rings (SSSR count). The maximum Gasteiger partial charge on any atom is 0.251 e. The number of hydrogen-bond donors (Lipinski definition) is 1. The Hall–Kier alpha value is -1.46. The van der Waals surface area contributed by atoms with E-state index in [9.17, 15) is 4.79 Å². The van der Waals surface area contributed by atoms with Crippen LogP contribution in [0.2, 0.25) is 0 Å². The molecule has 104 valence electrons. The molecule has 0 spiro atoms. The van der Waals surface area contributed by atoms with Crippen LogP contribution in [0.1, 0.15) is 16.8 Å². The van der Waals surface area contributed by atoms with E-state index >= 15 is 0 Å². The Bertz CT molecular complexity index is 452. The summed E-state index contributed by atoms with van der Waals surface area (Å²) < 4.78 is 15.3. The molecule has 1 aliphatic rings. The largest absolute Gasteiger partial charge is 0.454 e. The molecule has 1 amide bonds. The van der Waals surface area contributed by atoms with E-state index in [1.807, 2.05) is 0 Å². The van der Waals surface area contributed by atoms with Crippen molar-refractivity contribution in [3.63, 3.8) is 0 Å². The predicted molar refractivity (Wildman–Crippen MR) is 71.0 cm³/mol. The van der Waals surface area contributed by atoms with Crippen LogP contribution in [0.5, 0.6) is 11.5 Å².